The maximum atomic E-state index is 10.7. The Bertz CT molecular complexity index is 822. The van der Waals surface area contributed by atoms with Gasteiger partial charge in [-0.15, -0.1) is 0 Å². The van der Waals surface area contributed by atoms with Crippen LogP contribution in [0.25, 0.3) is 4.96 Å². The molecule has 23 heavy (non-hydrogen) atoms. The summed E-state index contributed by atoms with van der Waals surface area (Å²) in [5.74, 6) is 0.00739. The molecule has 0 aliphatic carbocycles. The highest BCUT2D eigenvalue weighted by Crippen LogP contribution is 2.20. The van der Waals surface area contributed by atoms with Crippen molar-refractivity contribution in [1.29, 1.82) is 0 Å². The zero-order valence-corrected chi connectivity index (χ0v) is 13.8. The molecule has 0 saturated heterocycles. The summed E-state index contributed by atoms with van der Waals surface area (Å²) in [6, 6.07) is 6.14. The highest BCUT2D eigenvalue weighted by molar-refractivity contribution is 7.16. The van der Waals surface area contributed by atoms with Gasteiger partial charge < -0.3 is 9.84 Å². The summed E-state index contributed by atoms with van der Waals surface area (Å²) in [6.45, 7) is 4.61. The number of aromatic nitrogens is 3. The lowest BCUT2D eigenvalue weighted by atomic mass is 10.1. The number of rotatable bonds is 6. The summed E-state index contributed by atoms with van der Waals surface area (Å²) in [4.78, 5) is 15.7. The van der Waals surface area contributed by atoms with Crippen LogP contribution in [0.2, 0.25) is 0 Å². The van der Waals surface area contributed by atoms with Gasteiger partial charge in [-0.1, -0.05) is 23.5 Å². The third kappa shape index (κ3) is 3.68. The largest absolute Gasteiger partial charge is 0.493 e. The number of carbonyl (C=O) groups is 1. The van der Waals surface area contributed by atoms with Gasteiger partial charge in [-0.25, -0.2) is 9.50 Å². The minimum absolute atomic E-state index is 0.0822. The SMILES string of the molecule is Cc1ccc(C)c(OCCc2nn3cc(CC(=O)O)nc3s2)c1. The van der Waals surface area contributed by atoms with Crippen molar-refractivity contribution in [3.8, 4) is 5.75 Å². The third-order valence-corrected chi connectivity index (χ3v) is 4.37. The first-order valence-electron chi connectivity index (χ1n) is 7.27. The summed E-state index contributed by atoms with van der Waals surface area (Å²) in [6.07, 6.45) is 2.27. The summed E-state index contributed by atoms with van der Waals surface area (Å²) in [7, 11) is 0. The van der Waals surface area contributed by atoms with Crippen LogP contribution in [0.4, 0.5) is 0 Å². The molecule has 0 amide bonds. The van der Waals surface area contributed by atoms with E-state index in [1.807, 2.05) is 26.0 Å². The number of nitrogens with zero attached hydrogens (tertiary/aromatic N) is 3. The first kappa shape index (κ1) is 15.5. The Balaban J connectivity index is 1.62. The average Bonchev–Trinajstić information content (AvgIpc) is 2.99. The number of carboxylic acid groups (broad SMARTS) is 1. The summed E-state index contributed by atoms with van der Waals surface area (Å²) < 4.78 is 7.46. The Morgan fingerprint density at radius 1 is 1.39 bits per heavy atom. The van der Waals surface area contributed by atoms with E-state index in [0.29, 0.717) is 23.7 Å². The number of aryl methyl sites for hydroxylation is 2. The van der Waals surface area contributed by atoms with Gasteiger partial charge in [0.1, 0.15) is 10.8 Å². The van der Waals surface area contributed by atoms with Gasteiger partial charge >= 0.3 is 5.97 Å². The molecular formula is C16H17N3O3S. The predicted octanol–water partition coefficient (Wildman–Crippen LogP) is 2.66. The van der Waals surface area contributed by atoms with Crippen LogP contribution in [0.1, 0.15) is 21.8 Å². The monoisotopic (exact) mass is 331 g/mol. The number of aliphatic carboxylic acids is 1. The molecule has 1 N–H and O–H groups in total. The first-order chi connectivity index (χ1) is 11.0. The van der Waals surface area contributed by atoms with E-state index >= 15 is 0 Å². The number of imidazole rings is 1. The molecule has 0 unspecified atom stereocenters. The van der Waals surface area contributed by atoms with Crippen molar-refractivity contribution < 1.29 is 14.6 Å². The minimum atomic E-state index is -0.891. The quantitative estimate of drug-likeness (QED) is 0.751. The van der Waals surface area contributed by atoms with Gasteiger partial charge in [0.2, 0.25) is 4.96 Å². The van der Waals surface area contributed by atoms with Crippen molar-refractivity contribution >= 4 is 22.3 Å². The fourth-order valence-electron chi connectivity index (χ4n) is 2.24. The maximum Gasteiger partial charge on any atom is 0.309 e. The summed E-state index contributed by atoms with van der Waals surface area (Å²) >= 11 is 1.46. The van der Waals surface area contributed by atoms with Crippen molar-refractivity contribution in [1.82, 2.24) is 14.6 Å². The number of hydrogen-bond donors (Lipinski definition) is 1. The first-order valence-corrected chi connectivity index (χ1v) is 8.09. The van der Waals surface area contributed by atoms with Gasteiger partial charge in [-0.2, -0.15) is 5.10 Å². The molecule has 0 radical (unpaired) electrons. The van der Waals surface area contributed by atoms with E-state index in [0.717, 1.165) is 16.3 Å². The van der Waals surface area contributed by atoms with E-state index in [2.05, 4.69) is 16.1 Å². The van der Waals surface area contributed by atoms with Crippen LogP contribution < -0.4 is 4.74 Å². The molecule has 2 heterocycles. The van der Waals surface area contributed by atoms with Crippen molar-refractivity contribution in [2.24, 2.45) is 0 Å². The zero-order chi connectivity index (χ0) is 16.4. The van der Waals surface area contributed by atoms with Crippen molar-refractivity contribution in [2.75, 3.05) is 6.61 Å². The lowest BCUT2D eigenvalue weighted by molar-refractivity contribution is -0.136. The number of carboxylic acids is 1. The van der Waals surface area contributed by atoms with Gasteiger partial charge in [-0.3, -0.25) is 4.79 Å². The minimum Gasteiger partial charge on any atom is -0.493 e. The predicted molar refractivity (Wildman–Crippen MR) is 87.3 cm³/mol. The van der Waals surface area contributed by atoms with Crippen molar-refractivity contribution in [3.63, 3.8) is 0 Å². The molecular weight excluding hydrogens is 314 g/mol. The fraction of sp³-hybridized carbons (Fsp3) is 0.312. The van der Waals surface area contributed by atoms with Crippen LogP contribution in [0.5, 0.6) is 5.75 Å². The Hall–Kier alpha value is -2.41. The molecule has 0 atom stereocenters. The number of benzene rings is 1. The molecule has 0 bridgehead atoms. The van der Waals surface area contributed by atoms with Crippen LogP contribution in [-0.2, 0) is 17.6 Å². The molecule has 0 saturated carbocycles. The molecule has 0 aliphatic rings. The Labute approximate surface area is 137 Å². The Morgan fingerprint density at radius 3 is 2.96 bits per heavy atom. The van der Waals surface area contributed by atoms with Crippen LogP contribution in [-0.4, -0.2) is 32.3 Å². The van der Waals surface area contributed by atoms with Crippen LogP contribution >= 0.6 is 11.3 Å². The normalized spacial score (nSPS) is 11.0. The molecule has 120 valence electrons. The van der Waals surface area contributed by atoms with E-state index in [1.54, 1.807) is 10.7 Å². The van der Waals surface area contributed by atoms with Crippen molar-refractivity contribution in [3.05, 3.63) is 46.2 Å². The number of hydrogen-bond acceptors (Lipinski definition) is 5. The third-order valence-electron chi connectivity index (χ3n) is 3.38. The molecule has 7 heteroatoms. The van der Waals surface area contributed by atoms with Gasteiger partial charge in [0, 0.05) is 6.42 Å². The molecule has 0 fully saturated rings. The van der Waals surface area contributed by atoms with Crippen LogP contribution in [0.3, 0.4) is 0 Å². The van der Waals surface area contributed by atoms with Gasteiger partial charge in [0.15, 0.2) is 0 Å². The number of ether oxygens (including phenoxy) is 1. The van der Waals surface area contributed by atoms with Crippen LogP contribution in [0, 0.1) is 13.8 Å². The van der Waals surface area contributed by atoms with E-state index in [-0.39, 0.29) is 6.42 Å². The molecule has 3 aromatic rings. The second kappa shape index (κ2) is 6.37. The van der Waals surface area contributed by atoms with Crippen molar-refractivity contribution in [2.45, 2.75) is 26.7 Å². The second-order valence-corrected chi connectivity index (χ2v) is 6.43. The summed E-state index contributed by atoms with van der Waals surface area (Å²) in [5, 5.41) is 14.1. The van der Waals surface area contributed by atoms with E-state index < -0.39 is 5.97 Å². The fourth-order valence-corrected chi connectivity index (χ4v) is 3.11. The summed E-state index contributed by atoms with van der Waals surface area (Å²) in [5.41, 5.74) is 2.81. The van der Waals surface area contributed by atoms with Gasteiger partial charge in [0.05, 0.1) is 24.9 Å². The topological polar surface area (TPSA) is 76.7 Å². The average molecular weight is 331 g/mol. The number of fused-ring (bicyclic) bond motifs is 1. The maximum absolute atomic E-state index is 10.7. The molecule has 0 aliphatic heterocycles. The van der Waals surface area contributed by atoms with E-state index in [1.165, 1.54) is 16.9 Å². The second-order valence-electron chi connectivity index (χ2n) is 5.39. The molecule has 2 aromatic heterocycles. The Kier molecular flexibility index (Phi) is 4.29. The zero-order valence-electron chi connectivity index (χ0n) is 12.9. The van der Waals surface area contributed by atoms with Gasteiger partial charge in [0.25, 0.3) is 0 Å². The highest BCUT2D eigenvalue weighted by Gasteiger charge is 2.11. The molecule has 0 spiro atoms. The van der Waals surface area contributed by atoms with E-state index in [9.17, 15) is 4.79 Å². The molecule has 1 aromatic carbocycles. The van der Waals surface area contributed by atoms with Crippen LogP contribution in [0.15, 0.2) is 24.4 Å². The molecule has 6 nitrogen and oxygen atoms in total. The lowest BCUT2D eigenvalue weighted by Crippen LogP contribution is -2.03. The van der Waals surface area contributed by atoms with Gasteiger partial charge in [-0.05, 0) is 31.0 Å². The Morgan fingerprint density at radius 2 is 2.22 bits per heavy atom. The highest BCUT2D eigenvalue weighted by atomic mass is 32.1. The lowest BCUT2D eigenvalue weighted by Gasteiger charge is -2.08. The van der Waals surface area contributed by atoms with E-state index in [4.69, 9.17) is 9.84 Å². The smallest absolute Gasteiger partial charge is 0.309 e. The molecule has 3 rings (SSSR count). The standard InChI is InChI=1S/C16H17N3O3S/c1-10-3-4-11(2)13(7-10)22-6-5-14-18-19-9-12(8-15(20)21)17-16(19)23-14/h3-4,7,9H,5-6,8H2,1-2H3,(H,20,21).